The molecule has 2 aromatic rings. The molecule has 1 aromatic heterocycles. The number of benzene rings is 1. The predicted octanol–water partition coefficient (Wildman–Crippen LogP) is 3.45. The van der Waals surface area contributed by atoms with Crippen LogP contribution in [0.4, 0.5) is 13.2 Å². The maximum atomic E-state index is 12.9. The highest BCUT2D eigenvalue weighted by molar-refractivity contribution is 9.10. The highest BCUT2D eigenvalue weighted by atomic mass is 79.9. The van der Waals surface area contributed by atoms with E-state index < -0.39 is 11.7 Å². The lowest BCUT2D eigenvalue weighted by molar-refractivity contribution is -0.137. The molecule has 0 radical (unpaired) electrons. The average Bonchev–Trinajstić information content (AvgIpc) is 2.76. The molecule has 0 amide bonds. The molecule has 0 atom stereocenters. The van der Waals surface area contributed by atoms with E-state index in [4.69, 9.17) is 5.73 Å². The lowest BCUT2D eigenvalue weighted by Gasteiger charge is -2.11. The summed E-state index contributed by atoms with van der Waals surface area (Å²) in [4.78, 5) is 0. The largest absolute Gasteiger partial charge is 0.417 e. The second kappa shape index (κ2) is 4.94. The first kappa shape index (κ1) is 13.4. The van der Waals surface area contributed by atoms with Crippen LogP contribution >= 0.6 is 27.3 Å². The summed E-state index contributed by atoms with van der Waals surface area (Å²) in [7, 11) is 0. The minimum atomic E-state index is -4.44. The smallest absolute Gasteiger partial charge is 0.324 e. The van der Waals surface area contributed by atoms with Gasteiger partial charge < -0.3 is 5.73 Å². The number of halogens is 4. The molecule has 1 aromatic carbocycles. The number of nitrogens with two attached hydrogens (primary N) is 1. The van der Waals surface area contributed by atoms with E-state index in [9.17, 15) is 13.2 Å². The standard InChI is InChI=1S/C10H7BrF3N3S/c11-5-1-2-6(7(3-5)10(12,13)14)9-17-16-8(4-15)18-9/h1-3H,4,15H2. The lowest BCUT2D eigenvalue weighted by Crippen LogP contribution is -2.07. The quantitative estimate of drug-likeness (QED) is 0.913. The summed E-state index contributed by atoms with van der Waals surface area (Å²) in [5.41, 5.74) is 4.64. The zero-order valence-corrected chi connectivity index (χ0v) is 11.2. The van der Waals surface area contributed by atoms with Crippen molar-refractivity contribution in [3.8, 4) is 10.6 Å². The Bertz CT molecular complexity index is 568. The summed E-state index contributed by atoms with van der Waals surface area (Å²) >= 11 is 4.09. The topological polar surface area (TPSA) is 51.8 Å². The molecule has 0 spiro atoms. The van der Waals surface area contributed by atoms with Gasteiger partial charge in [0.2, 0.25) is 0 Å². The second-order valence-electron chi connectivity index (χ2n) is 3.39. The molecule has 0 aliphatic carbocycles. The van der Waals surface area contributed by atoms with E-state index in [1.165, 1.54) is 12.1 Å². The molecule has 0 saturated heterocycles. The van der Waals surface area contributed by atoms with Gasteiger partial charge in [-0.25, -0.2) is 0 Å². The van der Waals surface area contributed by atoms with Crippen molar-refractivity contribution in [1.29, 1.82) is 0 Å². The first-order valence-corrected chi connectivity index (χ1v) is 6.42. The van der Waals surface area contributed by atoms with Crippen molar-refractivity contribution in [2.45, 2.75) is 12.7 Å². The van der Waals surface area contributed by atoms with Crippen LogP contribution in [0.2, 0.25) is 0 Å². The molecule has 0 aliphatic heterocycles. The SMILES string of the molecule is NCc1nnc(-c2ccc(Br)cc2C(F)(F)F)s1. The third kappa shape index (κ3) is 2.70. The van der Waals surface area contributed by atoms with Crippen molar-refractivity contribution in [2.24, 2.45) is 5.73 Å². The summed E-state index contributed by atoms with van der Waals surface area (Å²) in [5, 5.41) is 8.17. The number of hydrogen-bond acceptors (Lipinski definition) is 4. The van der Waals surface area contributed by atoms with Gasteiger partial charge in [0.25, 0.3) is 0 Å². The summed E-state index contributed by atoms with van der Waals surface area (Å²) in [5.74, 6) is 0. The molecule has 2 N–H and O–H groups in total. The normalized spacial score (nSPS) is 11.8. The van der Waals surface area contributed by atoms with Crippen LogP contribution in [0.1, 0.15) is 10.6 Å². The first-order chi connectivity index (χ1) is 8.41. The summed E-state index contributed by atoms with van der Waals surface area (Å²) in [6.45, 7) is 0.162. The number of nitrogens with zero attached hydrogens (tertiary/aromatic N) is 2. The number of aromatic nitrogens is 2. The van der Waals surface area contributed by atoms with E-state index in [1.54, 1.807) is 0 Å². The van der Waals surface area contributed by atoms with Crippen LogP contribution in [0.3, 0.4) is 0 Å². The van der Waals surface area contributed by atoms with Gasteiger partial charge in [-0.05, 0) is 12.1 Å². The molecular weight excluding hydrogens is 331 g/mol. The Labute approximate surface area is 113 Å². The molecule has 0 fully saturated rings. The summed E-state index contributed by atoms with van der Waals surface area (Å²) in [6, 6.07) is 3.93. The fourth-order valence-corrected chi connectivity index (χ4v) is 2.50. The van der Waals surface area contributed by atoms with Gasteiger partial charge in [0.1, 0.15) is 10.0 Å². The molecule has 0 aliphatic rings. The first-order valence-electron chi connectivity index (χ1n) is 4.81. The average molecular weight is 338 g/mol. The van der Waals surface area contributed by atoms with E-state index in [2.05, 4.69) is 26.1 Å². The molecule has 0 saturated carbocycles. The molecule has 0 unspecified atom stereocenters. The Hall–Kier alpha value is -0.990. The third-order valence-electron chi connectivity index (χ3n) is 2.16. The van der Waals surface area contributed by atoms with Crippen LogP contribution in [-0.2, 0) is 12.7 Å². The van der Waals surface area contributed by atoms with Gasteiger partial charge in [-0.1, -0.05) is 33.3 Å². The van der Waals surface area contributed by atoms with Gasteiger partial charge in [0.15, 0.2) is 0 Å². The summed E-state index contributed by atoms with van der Waals surface area (Å²) < 4.78 is 39.1. The van der Waals surface area contributed by atoms with Gasteiger partial charge in [-0.15, -0.1) is 10.2 Å². The maximum absolute atomic E-state index is 12.9. The number of alkyl halides is 3. The van der Waals surface area contributed by atoms with E-state index in [0.29, 0.717) is 9.48 Å². The minimum Gasteiger partial charge on any atom is -0.324 e. The van der Waals surface area contributed by atoms with Crippen LogP contribution in [0.5, 0.6) is 0 Å². The zero-order valence-electron chi connectivity index (χ0n) is 8.83. The molecule has 18 heavy (non-hydrogen) atoms. The van der Waals surface area contributed by atoms with Gasteiger partial charge in [-0.2, -0.15) is 13.2 Å². The Balaban J connectivity index is 2.56. The fraction of sp³-hybridized carbons (Fsp3) is 0.200. The maximum Gasteiger partial charge on any atom is 0.417 e. The van der Waals surface area contributed by atoms with Crippen molar-refractivity contribution in [1.82, 2.24) is 10.2 Å². The van der Waals surface area contributed by atoms with Crippen molar-refractivity contribution in [3.63, 3.8) is 0 Å². The Morgan fingerprint density at radius 1 is 1.28 bits per heavy atom. The molecular formula is C10H7BrF3N3S. The van der Waals surface area contributed by atoms with Gasteiger partial charge in [0, 0.05) is 16.6 Å². The molecule has 2 rings (SSSR count). The summed E-state index contributed by atoms with van der Waals surface area (Å²) in [6.07, 6.45) is -4.44. The van der Waals surface area contributed by atoms with Crippen molar-refractivity contribution >= 4 is 27.3 Å². The molecule has 8 heteroatoms. The molecule has 0 bridgehead atoms. The van der Waals surface area contributed by atoms with Gasteiger partial charge in [0.05, 0.1) is 5.56 Å². The zero-order chi connectivity index (χ0) is 13.3. The van der Waals surface area contributed by atoms with Gasteiger partial charge in [-0.3, -0.25) is 0 Å². The van der Waals surface area contributed by atoms with Crippen molar-refractivity contribution in [3.05, 3.63) is 33.2 Å². The number of rotatable bonds is 2. The van der Waals surface area contributed by atoms with Crippen LogP contribution in [-0.4, -0.2) is 10.2 Å². The van der Waals surface area contributed by atoms with Crippen LogP contribution in [0.15, 0.2) is 22.7 Å². The molecule has 96 valence electrons. The van der Waals surface area contributed by atoms with Crippen LogP contribution in [0, 0.1) is 0 Å². The Morgan fingerprint density at radius 2 is 2.00 bits per heavy atom. The Morgan fingerprint density at radius 3 is 2.56 bits per heavy atom. The predicted molar refractivity (Wildman–Crippen MR) is 65.9 cm³/mol. The van der Waals surface area contributed by atoms with E-state index in [-0.39, 0.29) is 17.1 Å². The van der Waals surface area contributed by atoms with Crippen molar-refractivity contribution < 1.29 is 13.2 Å². The Kier molecular flexibility index (Phi) is 3.69. The van der Waals surface area contributed by atoms with Crippen LogP contribution < -0.4 is 5.73 Å². The van der Waals surface area contributed by atoms with Crippen LogP contribution in [0.25, 0.3) is 10.6 Å². The van der Waals surface area contributed by atoms with Gasteiger partial charge >= 0.3 is 6.18 Å². The second-order valence-corrected chi connectivity index (χ2v) is 5.37. The molecule has 1 heterocycles. The highest BCUT2D eigenvalue weighted by Gasteiger charge is 2.34. The monoisotopic (exact) mass is 337 g/mol. The van der Waals surface area contributed by atoms with Crippen molar-refractivity contribution in [2.75, 3.05) is 0 Å². The molecule has 3 nitrogen and oxygen atoms in total. The fourth-order valence-electron chi connectivity index (χ4n) is 1.38. The van der Waals surface area contributed by atoms with E-state index >= 15 is 0 Å². The van der Waals surface area contributed by atoms with E-state index in [1.807, 2.05) is 0 Å². The van der Waals surface area contributed by atoms with E-state index in [0.717, 1.165) is 17.4 Å². The minimum absolute atomic E-state index is 0.0166. The lowest BCUT2D eigenvalue weighted by atomic mass is 10.1. The number of hydrogen-bond donors (Lipinski definition) is 1. The highest BCUT2D eigenvalue weighted by Crippen LogP contribution is 2.39. The third-order valence-corrected chi connectivity index (χ3v) is 3.63.